The number of rotatable bonds is 33. The van der Waals surface area contributed by atoms with Gasteiger partial charge in [-0.3, -0.25) is 0 Å². The van der Waals surface area contributed by atoms with Crippen molar-refractivity contribution >= 4 is 24.1 Å². The van der Waals surface area contributed by atoms with Crippen LogP contribution in [0.3, 0.4) is 0 Å². The van der Waals surface area contributed by atoms with Crippen LogP contribution in [0.1, 0.15) is 213 Å². The first-order valence-corrected chi connectivity index (χ1v) is 24.0. The summed E-state index contributed by atoms with van der Waals surface area (Å²) in [5, 5.41) is 0. The summed E-state index contributed by atoms with van der Waals surface area (Å²) in [5.41, 5.74) is 0. The quantitative estimate of drug-likeness (QED) is 0.0485. The summed E-state index contributed by atoms with van der Waals surface area (Å²) >= 11 is 0. The van der Waals surface area contributed by atoms with Gasteiger partial charge >= 0.3 is 16.8 Å². The molecule has 0 fully saturated rings. The second-order valence-corrected chi connectivity index (χ2v) is 16.6. The molecule has 0 spiro atoms. The van der Waals surface area contributed by atoms with Crippen molar-refractivity contribution in [2.75, 3.05) is 18.5 Å². The first-order valence-electron chi connectivity index (χ1n) is 19.4. The van der Waals surface area contributed by atoms with E-state index in [-0.39, 0.29) is 16.8 Å². The van der Waals surface area contributed by atoms with Crippen LogP contribution >= 0.6 is 24.1 Å². The number of hydrogen-bond donors (Lipinski definition) is 0. The van der Waals surface area contributed by atoms with Crippen molar-refractivity contribution < 1.29 is 45.2 Å². The van der Waals surface area contributed by atoms with Crippen molar-refractivity contribution in [3.63, 3.8) is 0 Å². The smallest absolute Gasteiger partial charge is 0.802 e. The summed E-state index contributed by atoms with van der Waals surface area (Å²) in [6.07, 6.45) is 39.0. The summed E-state index contributed by atoms with van der Waals surface area (Å²) in [4.78, 5) is 30.9. The molecule has 0 saturated carbocycles. The number of hydrogen-bond acceptors (Lipinski definition) is 6. The molecule has 0 heterocycles. The summed E-state index contributed by atoms with van der Waals surface area (Å²) < 4.78 is 30.9. The Hall–Kier alpha value is 1.08. The van der Waals surface area contributed by atoms with E-state index in [9.17, 15) is 28.4 Å². The van der Waals surface area contributed by atoms with Gasteiger partial charge in [-0.25, -0.2) is 0 Å². The van der Waals surface area contributed by atoms with Crippen LogP contribution in [-0.2, 0) is 30.5 Å². The van der Waals surface area contributed by atoms with E-state index in [2.05, 4.69) is 20.8 Å². The first-order chi connectivity index (χ1) is 21.8. The van der Waals surface area contributed by atoms with Gasteiger partial charge in [-0.2, -0.15) is 0 Å². The standard InChI is InChI=1S/3C12H27O2P.Co/c3*1-2-3-4-5-6-7-8-9-10-11-12-15(13)14;/h3*15H,2-12H2,1H3,(H,13,14);/q;;;+3/p-3. The van der Waals surface area contributed by atoms with E-state index in [1.165, 1.54) is 154 Å². The Kier molecular flexibility index (Phi) is 59.1. The molecule has 282 valence electrons. The second kappa shape index (κ2) is 50.5. The molecule has 10 heteroatoms. The molecule has 0 aliphatic heterocycles. The van der Waals surface area contributed by atoms with Crippen molar-refractivity contribution in [2.45, 2.75) is 213 Å². The Morgan fingerprint density at radius 2 is 0.413 bits per heavy atom. The monoisotopic (exact) mass is 758 g/mol. The minimum absolute atomic E-state index is 0. The van der Waals surface area contributed by atoms with Crippen LogP contribution in [0.5, 0.6) is 0 Å². The van der Waals surface area contributed by atoms with Crippen LogP contribution in [0.15, 0.2) is 0 Å². The molecular weight excluding hydrogens is 680 g/mol. The van der Waals surface area contributed by atoms with E-state index in [1.54, 1.807) is 0 Å². The second-order valence-electron chi connectivity index (χ2n) is 12.9. The Morgan fingerprint density at radius 1 is 0.283 bits per heavy atom. The molecule has 0 bridgehead atoms. The molecular formula is C36H78CoO6P3. The fraction of sp³-hybridized carbons (Fsp3) is 1.00. The van der Waals surface area contributed by atoms with Gasteiger partial charge in [0.1, 0.15) is 0 Å². The zero-order valence-corrected chi connectivity index (χ0v) is 34.7. The Balaban J connectivity index is -0.000000285. The van der Waals surface area contributed by atoms with Gasteiger partial charge in [-0.15, -0.1) is 0 Å². The molecule has 0 amide bonds. The van der Waals surface area contributed by atoms with Crippen molar-refractivity contribution in [1.29, 1.82) is 0 Å². The normalized spacial score (nSPS) is 12.7. The SMILES string of the molecule is CCCCCCCCCCCC[PH](=O)[O-].CCCCCCCCCCCC[PH](=O)[O-].CCCCCCCCCCCC[PH](=O)[O-].[Co+3]. The molecule has 3 atom stereocenters. The predicted molar refractivity (Wildman–Crippen MR) is 197 cm³/mol. The van der Waals surface area contributed by atoms with Gasteiger partial charge in [0, 0.05) is 24.1 Å². The van der Waals surface area contributed by atoms with Crippen molar-refractivity contribution in [1.82, 2.24) is 0 Å². The van der Waals surface area contributed by atoms with Crippen molar-refractivity contribution in [3.05, 3.63) is 0 Å². The van der Waals surface area contributed by atoms with E-state index in [4.69, 9.17) is 0 Å². The zero-order valence-electron chi connectivity index (χ0n) is 30.6. The van der Waals surface area contributed by atoms with Gasteiger partial charge in [0.05, 0.1) is 0 Å². The van der Waals surface area contributed by atoms with Crippen LogP contribution in [0, 0.1) is 0 Å². The summed E-state index contributed by atoms with van der Waals surface area (Å²) in [6, 6.07) is 0. The Labute approximate surface area is 300 Å². The maximum Gasteiger partial charge on any atom is 3.00 e. The van der Waals surface area contributed by atoms with E-state index < -0.39 is 24.1 Å². The van der Waals surface area contributed by atoms with Crippen molar-refractivity contribution in [3.8, 4) is 0 Å². The third-order valence-electron chi connectivity index (χ3n) is 8.20. The summed E-state index contributed by atoms with van der Waals surface area (Å²) in [7, 11) is -7.33. The van der Waals surface area contributed by atoms with Gasteiger partial charge in [0.15, 0.2) is 0 Å². The molecule has 46 heavy (non-hydrogen) atoms. The molecule has 0 aromatic carbocycles. The topological polar surface area (TPSA) is 120 Å². The van der Waals surface area contributed by atoms with Crippen molar-refractivity contribution in [2.24, 2.45) is 0 Å². The molecule has 0 N–H and O–H groups in total. The maximum absolute atomic E-state index is 10.3. The molecule has 6 nitrogen and oxygen atoms in total. The van der Waals surface area contributed by atoms with Gasteiger partial charge in [-0.1, -0.05) is 194 Å². The number of unbranched alkanes of at least 4 members (excludes halogenated alkanes) is 27. The van der Waals surface area contributed by atoms with Crippen LogP contribution in [-0.4, -0.2) is 18.5 Å². The predicted octanol–water partition coefficient (Wildman–Crippen LogP) is 11.2. The summed E-state index contributed by atoms with van der Waals surface area (Å²) in [6.45, 7) is 6.71. The fourth-order valence-corrected chi connectivity index (χ4v) is 6.89. The Bertz CT molecular complexity index is 533. The molecule has 0 aromatic rings. The van der Waals surface area contributed by atoms with Gasteiger partial charge in [-0.05, 0) is 37.7 Å². The molecule has 3 unspecified atom stereocenters. The minimum atomic E-state index is -2.44. The molecule has 0 radical (unpaired) electrons. The molecule has 0 saturated heterocycles. The average Bonchev–Trinajstić information content (AvgIpc) is 3.00. The Morgan fingerprint density at radius 3 is 0.543 bits per heavy atom. The van der Waals surface area contributed by atoms with Crippen LogP contribution in [0.4, 0.5) is 0 Å². The first kappa shape index (κ1) is 53.9. The summed E-state index contributed by atoms with van der Waals surface area (Å²) in [5.74, 6) is 0. The average molecular weight is 759 g/mol. The zero-order chi connectivity index (χ0) is 34.1. The van der Waals surface area contributed by atoms with Crippen LogP contribution in [0.2, 0.25) is 0 Å². The fourth-order valence-electron chi connectivity index (χ4n) is 5.27. The molecule has 0 aliphatic carbocycles. The van der Waals surface area contributed by atoms with Gasteiger partial charge < -0.3 is 28.4 Å². The third-order valence-corrected chi connectivity index (χ3v) is 10.5. The molecule has 0 aromatic heterocycles. The van der Waals surface area contributed by atoms with E-state index in [0.717, 1.165) is 38.5 Å². The van der Waals surface area contributed by atoms with Crippen LogP contribution in [0.25, 0.3) is 0 Å². The van der Waals surface area contributed by atoms with Gasteiger partial charge in [0.25, 0.3) is 0 Å². The maximum atomic E-state index is 10.3. The molecule has 0 rings (SSSR count). The van der Waals surface area contributed by atoms with E-state index in [0.29, 0.717) is 18.5 Å². The van der Waals surface area contributed by atoms with E-state index in [1.807, 2.05) is 0 Å². The largest absolute Gasteiger partial charge is 3.00 e. The van der Waals surface area contributed by atoms with E-state index >= 15 is 0 Å². The van der Waals surface area contributed by atoms with Gasteiger partial charge in [0.2, 0.25) is 0 Å². The minimum Gasteiger partial charge on any atom is -0.802 e. The third kappa shape index (κ3) is 63.7. The molecule has 0 aliphatic rings. The van der Waals surface area contributed by atoms with Crippen LogP contribution < -0.4 is 14.7 Å².